The van der Waals surface area contributed by atoms with Crippen LogP contribution in [0.3, 0.4) is 0 Å². The first-order valence-corrected chi connectivity index (χ1v) is 10.1. The highest BCUT2D eigenvalue weighted by Crippen LogP contribution is 2.36. The smallest absolute Gasteiger partial charge is 0.159 e. The van der Waals surface area contributed by atoms with Gasteiger partial charge in [-0.25, -0.2) is 18.4 Å². The van der Waals surface area contributed by atoms with Gasteiger partial charge in [-0.05, 0) is 25.8 Å². The molecule has 7 heteroatoms. The SMILES string of the molecule is CCC1(CC)CN(c2ncnc3sc(C)cc23)CCS1(=O)=O. The standard InChI is InChI=1S/C15H21N3O2S2/c1-4-15(5-2)9-18(6-7-22(15,19)20)13-12-8-11(3)21-14(12)17-10-16-13/h8,10H,4-7,9H2,1-3H3. The van der Waals surface area contributed by atoms with E-state index in [4.69, 9.17) is 0 Å². The zero-order chi connectivity index (χ0) is 16.0. The fourth-order valence-corrected chi connectivity index (χ4v) is 6.25. The molecule has 22 heavy (non-hydrogen) atoms. The van der Waals surface area contributed by atoms with Crippen molar-refractivity contribution in [3.05, 3.63) is 17.3 Å². The van der Waals surface area contributed by atoms with Crippen LogP contribution in [0.25, 0.3) is 10.2 Å². The van der Waals surface area contributed by atoms with Gasteiger partial charge in [0.1, 0.15) is 17.0 Å². The number of aromatic nitrogens is 2. The summed E-state index contributed by atoms with van der Waals surface area (Å²) in [6.07, 6.45) is 2.86. The molecule has 3 rings (SSSR count). The molecule has 1 aliphatic heterocycles. The number of hydrogen-bond donors (Lipinski definition) is 0. The van der Waals surface area contributed by atoms with E-state index in [9.17, 15) is 8.42 Å². The molecule has 2 aromatic heterocycles. The van der Waals surface area contributed by atoms with Gasteiger partial charge in [0.2, 0.25) is 0 Å². The van der Waals surface area contributed by atoms with Crippen LogP contribution in [0.1, 0.15) is 31.6 Å². The minimum absolute atomic E-state index is 0.198. The fourth-order valence-electron chi connectivity index (χ4n) is 3.28. The second-order valence-corrected chi connectivity index (χ2v) is 9.64. The van der Waals surface area contributed by atoms with Crippen molar-refractivity contribution in [2.45, 2.75) is 38.4 Å². The van der Waals surface area contributed by atoms with Crippen LogP contribution >= 0.6 is 11.3 Å². The Bertz CT molecular complexity index is 794. The average molecular weight is 339 g/mol. The predicted octanol–water partition coefficient (Wildman–Crippen LogP) is 2.79. The van der Waals surface area contributed by atoms with Crippen molar-refractivity contribution in [3.63, 3.8) is 0 Å². The van der Waals surface area contributed by atoms with Crippen molar-refractivity contribution in [1.29, 1.82) is 0 Å². The fraction of sp³-hybridized carbons (Fsp3) is 0.600. The number of rotatable bonds is 3. The topological polar surface area (TPSA) is 63.2 Å². The molecular formula is C15H21N3O2S2. The van der Waals surface area contributed by atoms with Crippen molar-refractivity contribution in [1.82, 2.24) is 9.97 Å². The lowest BCUT2D eigenvalue weighted by molar-refractivity contribution is 0.458. The summed E-state index contributed by atoms with van der Waals surface area (Å²) >= 11 is 1.65. The zero-order valence-electron chi connectivity index (χ0n) is 13.2. The van der Waals surface area contributed by atoms with Gasteiger partial charge in [0.25, 0.3) is 0 Å². The Kier molecular flexibility index (Phi) is 3.89. The highest BCUT2D eigenvalue weighted by molar-refractivity contribution is 7.92. The second kappa shape index (κ2) is 5.45. The lowest BCUT2D eigenvalue weighted by Crippen LogP contribution is -2.56. The molecule has 0 saturated carbocycles. The number of hydrogen-bond acceptors (Lipinski definition) is 6. The van der Waals surface area contributed by atoms with E-state index in [-0.39, 0.29) is 5.75 Å². The van der Waals surface area contributed by atoms with Crippen LogP contribution in [0.15, 0.2) is 12.4 Å². The Labute approximate surface area is 135 Å². The highest BCUT2D eigenvalue weighted by Gasteiger charge is 2.45. The molecule has 1 fully saturated rings. The molecule has 0 atom stereocenters. The lowest BCUT2D eigenvalue weighted by atomic mass is 10.0. The number of sulfone groups is 1. The van der Waals surface area contributed by atoms with Gasteiger partial charge in [0.05, 0.1) is 15.9 Å². The van der Waals surface area contributed by atoms with E-state index >= 15 is 0 Å². The van der Waals surface area contributed by atoms with Crippen LogP contribution in [0.4, 0.5) is 5.82 Å². The third kappa shape index (κ3) is 2.31. The predicted molar refractivity (Wildman–Crippen MR) is 91.5 cm³/mol. The van der Waals surface area contributed by atoms with Crippen molar-refractivity contribution >= 4 is 37.2 Å². The maximum absolute atomic E-state index is 12.6. The van der Waals surface area contributed by atoms with E-state index < -0.39 is 14.6 Å². The van der Waals surface area contributed by atoms with E-state index in [1.807, 2.05) is 13.8 Å². The number of anilines is 1. The largest absolute Gasteiger partial charge is 0.353 e. The molecule has 0 N–H and O–H groups in total. The Balaban J connectivity index is 2.05. The first-order chi connectivity index (χ1) is 10.4. The summed E-state index contributed by atoms with van der Waals surface area (Å²) in [4.78, 5) is 13.1. The van der Waals surface area contributed by atoms with Gasteiger partial charge in [-0.3, -0.25) is 0 Å². The molecule has 0 aliphatic carbocycles. The summed E-state index contributed by atoms with van der Waals surface area (Å²) in [6.45, 7) is 7.01. The van der Waals surface area contributed by atoms with Gasteiger partial charge in [-0.1, -0.05) is 13.8 Å². The first-order valence-electron chi connectivity index (χ1n) is 7.61. The molecule has 0 unspecified atom stereocenters. The van der Waals surface area contributed by atoms with Crippen molar-refractivity contribution in [3.8, 4) is 0 Å². The minimum Gasteiger partial charge on any atom is -0.353 e. The van der Waals surface area contributed by atoms with Gasteiger partial charge in [0, 0.05) is 18.0 Å². The molecule has 0 bridgehead atoms. The Morgan fingerprint density at radius 3 is 2.73 bits per heavy atom. The summed E-state index contributed by atoms with van der Waals surface area (Å²) in [5, 5.41) is 1.03. The zero-order valence-corrected chi connectivity index (χ0v) is 14.8. The van der Waals surface area contributed by atoms with Gasteiger partial charge in [-0.15, -0.1) is 11.3 Å². The number of nitrogens with zero attached hydrogens (tertiary/aromatic N) is 3. The number of aryl methyl sites for hydroxylation is 1. The van der Waals surface area contributed by atoms with Crippen LogP contribution in [0.2, 0.25) is 0 Å². The molecule has 1 saturated heterocycles. The average Bonchev–Trinajstić information content (AvgIpc) is 2.87. The van der Waals surface area contributed by atoms with Gasteiger partial charge < -0.3 is 4.90 Å². The van der Waals surface area contributed by atoms with E-state index in [0.717, 1.165) is 16.0 Å². The summed E-state index contributed by atoms with van der Waals surface area (Å²) in [7, 11) is -3.06. The summed E-state index contributed by atoms with van der Waals surface area (Å²) in [5.74, 6) is 1.07. The molecule has 0 aromatic carbocycles. The summed E-state index contributed by atoms with van der Waals surface area (Å²) in [5.41, 5.74) is 0. The lowest BCUT2D eigenvalue weighted by Gasteiger charge is -2.42. The monoisotopic (exact) mass is 339 g/mol. The summed E-state index contributed by atoms with van der Waals surface area (Å²) < 4.78 is 24.4. The number of thiophene rings is 1. The van der Waals surface area contributed by atoms with Crippen LogP contribution in [-0.2, 0) is 9.84 Å². The molecular weight excluding hydrogens is 318 g/mol. The van der Waals surface area contributed by atoms with Crippen LogP contribution in [-0.4, -0.2) is 42.0 Å². The molecule has 0 amide bonds. The Morgan fingerprint density at radius 1 is 1.32 bits per heavy atom. The molecule has 2 aromatic rings. The van der Waals surface area contributed by atoms with E-state index in [0.29, 0.717) is 25.9 Å². The van der Waals surface area contributed by atoms with Gasteiger partial charge >= 0.3 is 0 Å². The van der Waals surface area contributed by atoms with Crippen LogP contribution < -0.4 is 4.90 Å². The van der Waals surface area contributed by atoms with Crippen molar-refractivity contribution < 1.29 is 8.42 Å². The summed E-state index contributed by atoms with van der Waals surface area (Å²) in [6, 6.07) is 2.10. The van der Waals surface area contributed by atoms with Crippen LogP contribution in [0.5, 0.6) is 0 Å². The molecule has 1 aliphatic rings. The third-order valence-corrected chi connectivity index (χ3v) is 8.49. The highest BCUT2D eigenvalue weighted by atomic mass is 32.2. The van der Waals surface area contributed by atoms with E-state index in [1.54, 1.807) is 17.7 Å². The van der Waals surface area contributed by atoms with Gasteiger partial charge in [0.15, 0.2) is 9.84 Å². The van der Waals surface area contributed by atoms with Crippen molar-refractivity contribution in [2.24, 2.45) is 0 Å². The molecule has 0 radical (unpaired) electrons. The molecule has 0 spiro atoms. The van der Waals surface area contributed by atoms with Crippen LogP contribution in [0, 0.1) is 6.92 Å². The quantitative estimate of drug-likeness (QED) is 0.860. The molecule has 5 nitrogen and oxygen atoms in total. The molecule has 120 valence electrons. The van der Waals surface area contributed by atoms with E-state index in [1.165, 1.54) is 4.88 Å². The molecule has 3 heterocycles. The minimum atomic E-state index is -3.06. The Morgan fingerprint density at radius 2 is 2.05 bits per heavy atom. The number of fused-ring (bicyclic) bond motifs is 1. The maximum Gasteiger partial charge on any atom is 0.159 e. The first kappa shape index (κ1) is 15.7. The third-order valence-electron chi connectivity index (χ3n) is 4.79. The maximum atomic E-state index is 12.6. The normalized spacial score (nSPS) is 20.4. The van der Waals surface area contributed by atoms with Crippen molar-refractivity contribution in [2.75, 3.05) is 23.7 Å². The second-order valence-electron chi connectivity index (χ2n) is 5.90. The van der Waals surface area contributed by atoms with E-state index in [2.05, 4.69) is 27.9 Å². The van der Waals surface area contributed by atoms with Gasteiger partial charge in [-0.2, -0.15) is 0 Å². The Hall–Kier alpha value is -1.21.